The molecule has 1 aromatic carbocycles. The fraction of sp³-hybridized carbons (Fsp3) is 0.348. The van der Waals surface area contributed by atoms with Crippen molar-refractivity contribution in [3.63, 3.8) is 0 Å². The highest BCUT2D eigenvalue weighted by molar-refractivity contribution is 8.16. The van der Waals surface area contributed by atoms with Gasteiger partial charge in [0.15, 0.2) is 5.17 Å². The van der Waals surface area contributed by atoms with Gasteiger partial charge in [-0.15, -0.1) is 0 Å². The highest BCUT2D eigenvalue weighted by atomic mass is 32.2. The second-order valence-electron chi connectivity index (χ2n) is 7.96. The van der Waals surface area contributed by atoms with Crippen LogP contribution in [0.4, 0.5) is 5.69 Å². The van der Waals surface area contributed by atoms with Gasteiger partial charge < -0.3 is 19.9 Å². The van der Waals surface area contributed by atoms with Crippen LogP contribution in [0, 0.1) is 10.1 Å². The van der Waals surface area contributed by atoms with E-state index < -0.39 is 16.9 Å². The molecule has 0 saturated carbocycles. The Morgan fingerprint density at radius 3 is 2.85 bits per heavy atom. The van der Waals surface area contributed by atoms with Crippen molar-refractivity contribution in [3.05, 3.63) is 75.0 Å². The van der Waals surface area contributed by atoms with Crippen LogP contribution in [0.3, 0.4) is 0 Å². The Hall–Kier alpha value is -3.44. The molecule has 0 aliphatic carbocycles. The third-order valence-corrected chi connectivity index (χ3v) is 6.06. The zero-order valence-corrected chi connectivity index (χ0v) is 20.1. The summed E-state index contributed by atoms with van der Waals surface area (Å²) in [5.41, 5.74) is 1.77. The van der Waals surface area contributed by atoms with Gasteiger partial charge in [-0.1, -0.05) is 36.5 Å². The summed E-state index contributed by atoms with van der Waals surface area (Å²) in [4.78, 5) is 44.9. The molecule has 0 saturated heterocycles. The lowest BCUT2D eigenvalue weighted by Gasteiger charge is -2.36. The highest BCUT2D eigenvalue weighted by Gasteiger charge is 2.41. The van der Waals surface area contributed by atoms with Crippen LogP contribution in [0.5, 0.6) is 0 Å². The van der Waals surface area contributed by atoms with Gasteiger partial charge in [-0.2, -0.15) is 0 Å². The van der Waals surface area contributed by atoms with Gasteiger partial charge in [-0.05, 0) is 32.0 Å². The Bertz CT molecular complexity index is 1090. The molecule has 11 heteroatoms. The number of rotatable bonds is 10. The van der Waals surface area contributed by atoms with E-state index in [9.17, 15) is 19.7 Å². The molecule has 34 heavy (non-hydrogen) atoms. The Balaban J connectivity index is 1.98. The zero-order chi connectivity index (χ0) is 24.8. The molecule has 0 aromatic heterocycles. The number of nitrogens with one attached hydrogen (secondary N) is 1. The number of nitro benzene ring substituents is 1. The minimum atomic E-state index is -0.736. The summed E-state index contributed by atoms with van der Waals surface area (Å²) >= 11 is 1.34. The molecule has 2 aliphatic rings. The van der Waals surface area contributed by atoms with Gasteiger partial charge in [-0.3, -0.25) is 14.9 Å². The molecule has 1 unspecified atom stereocenters. The number of esters is 1. The van der Waals surface area contributed by atoms with Gasteiger partial charge in [0.1, 0.15) is 6.61 Å². The SMILES string of the molecule is C=CCOC(=O)C1=C(C)N=C2SC=C(CC(=O)NCCN(C)C)N2C1c1cccc([N+](=O)[O-])c1. The van der Waals surface area contributed by atoms with Crippen molar-refractivity contribution in [2.75, 3.05) is 33.8 Å². The number of benzene rings is 1. The molecule has 180 valence electrons. The fourth-order valence-electron chi connectivity index (χ4n) is 3.61. The first kappa shape index (κ1) is 25.2. The van der Waals surface area contributed by atoms with Crippen molar-refractivity contribution in [2.24, 2.45) is 4.99 Å². The number of nitro groups is 1. The smallest absolute Gasteiger partial charge is 0.338 e. The highest BCUT2D eigenvalue weighted by Crippen LogP contribution is 2.45. The van der Waals surface area contributed by atoms with Crippen LogP contribution in [0.25, 0.3) is 0 Å². The van der Waals surface area contributed by atoms with Crippen LogP contribution in [-0.2, 0) is 14.3 Å². The maximum absolute atomic E-state index is 13.0. The minimum absolute atomic E-state index is 0.0135. The number of hydrogen-bond donors (Lipinski definition) is 1. The second kappa shape index (κ2) is 11.1. The Morgan fingerprint density at radius 1 is 1.41 bits per heavy atom. The van der Waals surface area contributed by atoms with E-state index in [1.54, 1.807) is 24.0 Å². The summed E-state index contributed by atoms with van der Waals surface area (Å²) in [7, 11) is 3.84. The van der Waals surface area contributed by atoms with Crippen molar-refractivity contribution >= 4 is 34.5 Å². The number of likely N-dealkylation sites (N-methyl/N-ethyl adjacent to an activating group) is 1. The van der Waals surface area contributed by atoms with Crippen molar-refractivity contribution in [2.45, 2.75) is 19.4 Å². The number of nitrogens with zero attached hydrogens (tertiary/aromatic N) is 4. The Labute approximate surface area is 202 Å². The normalized spacial score (nSPS) is 17.2. The molecule has 2 heterocycles. The van der Waals surface area contributed by atoms with E-state index in [0.717, 1.165) is 0 Å². The standard InChI is InChI=1S/C23H27N5O5S/c1-5-11-33-22(30)20-15(2)25-23-27(21(20)16-7-6-8-17(12-16)28(31)32)18(14-34-23)13-19(29)24-9-10-26(3)4/h5-8,12,14,21H,1,9-11,13H2,2-4H3,(H,24,29). The second-order valence-corrected chi connectivity index (χ2v) is 8.80. The lowest BCUT2D eigenvalue weighted by atomic mass is 9.93. The van der Waals surface area contributed by atoms with Crippen molar-refractivity contribution in [1.29, 1.82) is 0 Å². The average Bonchev–Trinajstić information content (AvgIpc) is 3.18. The van der Waals surface area contributed by atoms with Gasteiger partial charge in [0.05, 0.1) is 28.7 Å². The van der Waals surface area contributed by atoms with Crippen LogP contribution in [-0.4, -0.2) is 65.6 Å². The molecule has 0 radical (unpaired) electrons. The molecule has 2 aliphatic heterocycles. The summed E-state index contributed by atoms with van der Waals surface area (Å²) in [5, 5.41) is 16.7. The predicted octanol–water partition coefficient (Wildman–Crippen LogP) is 2.97. The fourth-order valence-corrected chi connectivity index (χ4v) is 4.58. The molecule has 10 nitrogen and oxygen atoms in total. The van der Waals surface area contributed by atoms with Crippen LogP contribution in [0.2, 0.25) is 0 Å². The van der Waals surface area contributed by atoms with Gasteiger partial charge in [0.2, 0.25) is 5.91 Å². The predicted molar refractivity (Wildman–Crippen MR) is 131 cm³/mol. The van der Waals surface area contributed by atoms with E-state index >= 15 is 0 Å². The quantitative estimate of drug-likeness (QED) is 0.233. The summed E-state index contributed by atoms with van der Waals surface area (Å²) < 4.78 is 5.32. The van der Waals surface area contributed by atoms with E-state index in [4.69, 9.17) is 4.74 Å². The molecular formula is C23H27N5O5S. The molecule has 1 N–H and O–H groups in total. The van der Waals surface area contributed by atoms with Crippen molar-refractivity contribution < 1.29 is 19.2 Å². The van der Waals surface area contributed by atoms with Crippen LogP contribution in [0.15, 0.2) is 64.3 Å². The van der Waals surface area contributed by atoms with Crippen molar-refractivity contribution in [1.82, 2.24) is 15.1 Å². The molecule has 1 atom stereocenters. The number of amidine groups is 1. The first-order valence-electron chi connectivity index (χ1n) is 10.6. The lowest BCUT2D eigenvalue weighted by Crippen LogP contribution is -2.38. The summed E-state index contributed by atoms with van der Waals surface area (Å²) in [6.45, 7) is 6.49. The topological polar surface area (TPSA) is 117 Å². The first-order chi connectivity index (χ1) is 16.2. The van der Waals surface area contributed by atoms with Crippen LogP contribution < -0.4 is 5.32 Å². The molecule has 3 rings (SSSR count). The molecule has 0 spiro atoms. The largest absolute Gasteiger partial charge is 0.458 e. The monoisotopic (exact) mass is 485 g/mol. The number of amides is 1. The van der Waals surface area contributed by atoms with E-state index in [1.165, 1.54) is 30.0 Å². The van der Waals surface area contributed by atoms with E-state index in [1.807, 2.05) is 24.4 Å². The van der Waals surface area contributed by atoms with Crippen LogP contribution in [0.1, 0.15) is 24.9 Å². The number of fused-ring (bicyclic) bond motifs is 1. The third kappa shape index (κ3) is 5.72. The molecule has 1 aromatic rings. The number of carbonyl (C=O) groups excluding carboxylic acids is 2. The Morgan fingerprint density at radius 2 is 2.18 bits per heavy atom. The number of carbonyl (C=O) groups is 2. The van der Waals surface area contributed by atoms with E-state index in [-0.39, 0.29) is 30.2 Å². The van der Waals surface area contributed by atoms with Crippen LogP contribution >= 0.6 is 11.8 Å². The minimum Gasteiger partial charge on any atom is -0.458 e. The lowest BCUT2D eigenvalue weighted by molar-refractivity contribution is -0.384. The summed E-state index contributed by atoms with van der Waals surface area (Å²) in [6, 6.07) is 5.37. The van der Waals surface area contributed by atoms with E-state index in [2.05, 4.69) is 16.9 Å². The average molecular weight is 486 g/mol. The van der Waals surface area contributed by atoms with Crippen molar-refractivity contribution in [3.8, 4) is 0 Å². The molecule has 0 fully saturated rings. The number of aliphatic imine (C=N–C) groups is 1. The molecular weight excluding hydrogens is 458 g/mol. The first-order valence-corrected chi connectivity index (χ1v) is 11.5. The number of hydrogen-bond acceptors (Lipinski definition) is 9. The van der Waals surface area contributed by atoms with Gasteiger partial charge in [0, 0.05) is 30.9 Å². The zero-order valence-electron chi connectivity index (χ0n) is 19.3. The maximum Gasteiger partial charge on any atom is 0.338 e. The summed E-state index contributed by atoms with van der Waals surface area (Å²) in [6.07, 6.45) is 1.53. The molecule has 0 bridgehead atoms. The number of thioether (sulfide) groups is 1. The summed E-state index contributed by atoms with van der Waals surface area (Å²) in [5.74, 6) is -0.766. The third-order valence-electron chi connectivity index (χ3n) is 5.17. The Kier molecular flexibility index (Phi) is 8.24. The van der Waals surface area contributed by atoms with Gasteiger partial charge in [0.25, 0.3) is 5.69 Å². The maximum atomic E-state index is 13.0. The number of allylic oxidation sites excluding steroid dienone is 1. The van der Waals surface area contributed by atoms with E-state index in [0.29, 0.717) is 35.2 Å². The number of ether oxygens (including phenoxy) is 1. The van der Waals surface area contributed by atoms with Gasteiger partial charge >= 0.3 is 5.97 Å². The molecule has 1 amide bonds. The number of non-ortho nitro benzene ring substituents is 1. The van der Waals surface area contributed by atoms with Gasteiger partial charge in [-0.25, -0.2) is 9.79 Å².